The molecule has 0 atom stereocenters. The summed E-state index contributed by atoms with van der Waals surface area (Å²) in [5, 5.41) is 3.28. The van der Waals surface area contributed by atoms with Crippen LogP contribution in [0.1, 0.15) is 44.7 Å². The highest BCUT2D eigenvalue weighted by Gasteiger charge is 2.17. The quantitative estimate of drug-likeness (QED) is 0.740. The highest BCUT2D eigenvalue weighted by Crippen LogP contribution is 2.19. The van der Waals surface area contributed by atoms with E-state index in [1.165, 1.54) is 11.1 Å². The molecule has 1 fully saturated rings. The fourth-order valence-corrected chi connectivity index (χ4v) is 1.45. The highest BCUT2D eigenvalue weighted by atomic mass is 14.9. The van der Waals surface area contributed by atoms with Crippen molar-refractivity contribution in [3.63, 3.8) is 0 Å². The standard InChI is InChI=1S/C10H13N.2C2H6/c1-8-3-2-4-9(5-8)10-6-11-7-10;2*1-2/h2-5,10-11H,6-7H2,1H3;2*1-2H3. The van der Waals surface area contributed by atoms with Gasteiger partial charge in [-0.05, 0) is 12.5 Å². The van der Waals surface area contributed by atoms with Gasteiger partial charge < -0.3 is 5.32 Å². The molecule has 0 amide bonds. The van der Waals surface area contributed by atoms with Crippen molar-refractivity contribution in [2.75, 3.05) is 13.1 Å². The van der Waals surface area contributed by atoms with Gasteiger partial charge in [-0.3, -0.25) is 0 Å². The van der Waals surface area contributed by atoms with Gasteiger partial charge in [0.15, 0.2) is 0 Å². The molecule has 1 aliphatic rings. The fraction of sp³-hybridized carbons (Fsp3) is 0.571. The molecule has 1 aliphatic heterocycles. The van der Waals surface area contributed by atoms with Gasteiger partial charge in [0.25, 0.3) is 0 Å². The lowest BCUT2D eigenvalue weighted by Crippen LogP contribution is -2.39. The molecule has 0 aromatic heterocycles. The maximum atomic E-state index is 3.28. The summed E-state index contributed by atoms with van der Waals surface area (Å²) in [6.45, 7) is 12.5. The average molecular weight is 207 g/mol. The molecular formula is C14H25N. The third kappa shape index (κ3) is 4.48. The van der Waals surface area contributed by atoms with Crippen LogP contribution >= 0.6 is 0 Å². The van der Waals surface area contributed by atoms with E-state index in [9.17, 15) is 0 Å². The molecule has 0 aliphatic carbocycles. The zero-order valence-corrected chi connectivity index (χ0v) is 10.8. The lowest BCUT2D eigenvalue weighted by Gasteiger charge is -2.27. The van der Waals surface area contributed by atoms with E-state index in [1.54, 1.807) is 0 Å². The Kier molecular flexibility index (Phi) is 8.02. The van der Waals surface area contributed by atoms with Gasteiger partial charge in [-0.2, -0.15) is 0 Å². The molecule has 0 radical (unpaired) electrons. The molecule has 0 bridgehead atoms. The van der Waals surface area contributed by atoms with Gasteiger partial charge in [-0.15, -0.1) is 0 Å². The molecule has 0 spiro atoms. The number of aryl methyl sites for hydroxylation is 1. The van der Waals surface area contributed by atoms with Gasteiger partial charge in [0, 0.05) is 19.0 Å². The Bertz CT molecular complexity index is 251. The van der Waals surface area contributed by atoms with Crippen LogP contribution in [-0.4, -0.2) is 13.1 Å². The maximum absolute atomic E-state index is 3.28. The highest BCUT2D eigenvalue weighted by molar-refractivity contribution is 5.27. The van der Waals surface area contributed by atoms with Crippen molar-refractivity contribution < 1.29 is 0 Å². The Morgan fingerprint density at radius 1 is 1.07 bits per heavy atom. The van der Waals surface area contributed by atoms with E-state index in [0.29, 0.717) is 0 Å². The Labute approximate surface area is 94.9 Å². The number of hydrogen-bond donors (Lipinski definition) is 1. The van der Waals surface area contributed by atoms with Gasteiger partial charge in [0.05, 0.1) is 0 Å². The summed E-state index contributed by atoms with van der Waals surface area (Å²) >= 11 is 0. The van der Waals surface area contributed by atoms with E-state index < -0.39 is 0 Å². The SMILES string of the molecule is CC.CC.Cc1cccc(C2CNC2)c1. The van der Waals surface area contributed by atoms with Crippen molar-refractivity contribution in [2.45, 2.75) is 40.5 Å². The molecule has 1 aromatic rings. The molecule has 1 nitrogen and oxygen atoms in total. The van der Waals surface area contributed by atoms with E-state index in [1.807, 2.05) is 27.7 Å². The topological polar surface area (TPSA) is 12.0 Å². The summed E-state index contributed by atoms with van der Waals surface area (Å²) in [6.07, 6.45) is 0. The molecule has 1 aromatic carbocycles. The Hall–Kier alpha value is -0.820. The van der Waals surface area contributed by atoms with Crippen molar-refractivity contribution in [3.8, 4) is 0 Å². The maximum Gasteiger partial charge on any atom is 0.00886 e. The molecule has 1 saturated heterocycles. The van der Waals surface area contributed by atoms with Crippen LogP contribution < -0.4 is 5.32 Å². The summed E-state index contributed by atoms with van der Waals surface area (Å²) < 4.78 is 0. The van der Waals surface area contributed by atoms with Crippen LogP contribution in [0.3, 0.4) is 0 Å². The van der Waals surface area contributed by atoms with Gasteiger partial charge in [-0.25, -0.2) is 0 Å². The lowest BCUT2D eigenvalue weighted by molar-refractivity contribution is 0.448. The smallest absolute Gasteiger partial charge is 0.00886 e. The Morgan fingerprint density at radius 3 is 2.07 bits per heavy atom. The van der Waals surface area contributed by atoms with Crippen LogP contribution in [0.4, 0.5) is 0 Å². The molecule has 0 saturated carbocycles. The minimum absolute atomic E-state index is 0.773. The van der Waals surface area contributed by atoms with Gasteiger partial charge >= 0.3 is 0 Å². The van der Waals surface area contributed by atoms with Crippen LogP contribution in [0.2, 0.25) is 0 Å². The van der Waals surface area contributed by atoms with Crippen LogP contribution in [-0.2, 0) is 0 Å². The van der Waals surface area contributed by atoms with E-state index in [0.717, 1.165) is 19.0 Å². The van der Waals surface area contributed by atoms with E-state index in [4.69, 9.17) is 0 Å². The van der Waals surface area contributed by atoms with Crippen molar-refractivity contribution in [2.24, 2.45) is 0 Å². The molecular weight excluding hydrogens is 182 g/mol. The summed E-state index contributed by atoms with van der Waals surface area (Å²) in [7, 11) is 0. The second-order valence-electron chi connectivity index (χ2n) is 3.27. The number of hydrogen-bond acceptors (Lipinski definition) is 1. The minimum atomic E-state index is 0.773. The van der Waals surface area contributed by atoms with Crippen molar-refractivity contribution in [1.82, 2.24) is 5.32 Å². The summed E-state index contributed by atoms with van der Waals surface area (Å²) in [6, 6.07) is 8.79. The zero-order chi connectivity index (χ0) is 11.7. The third-order valence-electron chi connectivity index (χ3n) is 2.30. The first-order valence-corrected chi connectivity index (χ1v) is 6.13. The van der Waals surface area contributed by atoms with E-state index in [-0.39, 0.29) is 0 Å². The number of rotatable bonds is 1. The molecule has 1 N–H and O–H groups in total. The second-order valence-corrected chi connectivity index (χ2v) is 3.27. The van der Waals surface area contributed by atoms with Gasteiger partial charge in [0.1, 0.15) is 0 Å². The summed E-state index contributed by atoms with van der Waals surface area (Å²) in [5.74, 6) is 0.773. The fourth-order valence-electron chi connectivity index (χ4n) is 1.45. The molecule has 15 heavy (non-hydrogen) atoms. The molecule has 2 rings (SSSR count). The second kappa shape index (κ2) is 8.49. The number of nitrogens with one attached hydrogen (secondary N) is 1. The normalized spacial score (nSPS) is 13.9. The average Bonchev–Trinajstić information content (AvgIpc) is 2.21. The van der Waals surface area contributed by atoms with Crippen LogP contribution in [0.5, 0.6) is 0 Å². The molecule has 1 heteroatoms. The summed E-state index contributed by atoms with van der Waals surface area (Å²) in [5.41, 5.74) is 2.86. The minimum Gasteiger partial charge on any atom is -0.315 e. The first kappa shape index (κ1) is 14.2. The largest absolute Gasteiger partial charge is 0.315 e. The first-order valence-electron chi connectivity index (χ1n) is 6.13. The lowest BCUT2D eigenvalue weighted by atomic mass is 9.93. The predicted octanol–water partition coefficient (Wildman–Crippen LogP) is 3.73. The van der Waals surface area contributed by atoms with Gasteiger partial charge in [0.2, 0.25) is 0 Å². The monoisotopic (exact) mass is 207 g/mol. The Morgan fingerprint density at radius 2 is 1.67 bits per heavy atom. The zero-order valence-electron chi connectivity index (χ0n) is 10.8. The molecule has 0 unspecified atom stereocenters. The van der Waals surface area contributed by atoms with Crippen LogP contribution in [0.25, 0.3) is 0 Å². The first-order chi connectivity index (χ1) is 7.36. The van der Waals surface area contributed by atoms with Crippen molar-refractivity contribution >= 4 is 0 Å². The molecule has 1 heterocycles. The van der Waals surface area contributed by atoms with E-state index in [2.05, 4.69) is 36.5 Å². The van der Waals surface area contributed by atoms with Crippen molar-refractivity contribution in [1.29, 1.82) is 0 Å². The van der Waals surface area contributed by atoms with E-state index >= 15 is 0 Å². The van der Waals surface area contributed by atoms with Crippen LogP contribution in [0.15, 0.2) is 24.3 Å². The molecule has 86 valence electrons. The summed E-state index contributed by atoms with van der Waals surface area (Å²) in [4.78, 5) is 0. The van der Waals surface area contributed by atoms with Crippen molar-refractivity contribution in [3.05, 3.63) is 35.4 Å². The number of benzene rings is 1. The predicted molar refractivity (Wildman–Crippen MR) is 69.5 cm³/mol. The van der Waals surface area contributed by atoms with Crippen LogP contribution in [0, 0.1) is 6.92 Å². The third-order valence-corrected chi connectivity index (χ3v) is 2.30. The van der Waals surface area contributed by atoms with Gasteiger partial charge in [-0.1, -0.05) is 57.5 Å². The Balaban J connectivity index is 0.000000442.